The first kappa shape index (κ1) is 16.7. The van der Waals surface area contributed by atoms with Crippen LogP contribution in [0.25, 0.3) is 0 Å². The van der Waals surface area contributed by atoms with Gasteiger partial charge in [0.1, 0.15) is 0 Å². The zero-order valence-corrected chi connectivity index (χ0v) is 14.9. The van der Waals surface area contributed by atoms with E-state index in [1.165, 1.54) is 5.56 Å². The Balaban J connectivity index is 1.51. The second-order valence-electron chi connectivity index (χ2n) is 6.97. The van der Waals surface area contributed by atoms with Gasteiger partial charge in [-0.1, -0.05) is 0 Å². The summed E-state index contributed by atoms with van der Waals surface area (Å²) in [4.78, 5) is 16.0. The SMILES string of the molecule is CN(C)C(=O)NC1CCOC2(CCN(Cc3ccsc3)CC2)C1. The summed E-state index contributed by atoms with van der Waals surface area (Å²) >= 11 is 1.76. The van der Waals surface area contributed by atoms with Crippen LogP contribution < -0.4 is 5.32 Å². The number of ether oxygens (including phenoxy) is 1. The van der Waals surface area contributed by atoms with Gasteiger partial charge < -0.3 is 15.0 Å². The predicted molar refractivity (Wildman–Crippen MR) is 92.8 cm³/mol. The van der Waals surface area contributed by atoms with E-state index in [-0.39, 0.29) is 17.7 Å². The topological polar surface area (TPSA) is 44.8 Å². The third-order valence-corrected chi connectivity index (χ3v) is 5.71. The number of hydrogen-bond acceptors (Lipinski definition) is 4. The lowest BCUT2D eigenvalue weighted by molar-refractivity contribution is -0.119. The van der Waals surface area contributed by atoms with Crippen LogP contribution in [0.1, 0.15) is 31.2 Å². The largest absolute Gasteiger partial charge is 0.375 e. The van der Waals surface area contributed by atoms with E-state index in [1.807, 2.05) is 0 Å². The zero-order valence-electron chi connectivity index (χ0n) is 14.1. The molecule has 128 valence electrons. The molecule has 1 N–H and O–H groups in total. The van der Waals surface area contributed by atoms with E-state index in [9.17, 15) is 4.79 Å². The monoisotopic (exact) mass is 337 g/mol. The molecule has 2 fully saturated rings. The summed E-state index contributed by atoms with van der Waals surface area (Å²) in [5.41, 5.74) is 1.37. The van der Waals surface area contributed by atoms with E-state index >= 15 is 0 Å². The Kier molecular flexibility index (Phi) is 5.24. The summed E-state index contributed by atoms with van der Waals surface area (Å²) in [6.45, 7) is 3.94. The first-order valence-corrected chi connectivity index (χ1v) is 9.36. The van der Waals surface area contributed by atoms with E-state index < -0.39 is 0 Å². The number of nitrogens with zero attached hydrogens (tertiary/aromatic N) is 2. The van der Waals surface area contributed by atoms with Crippen molar-refractivity contribution in [1.82, 2.24) is 15.1 Å². The highest BCUT2D eigenvalue weighted by atomic mass is 32.1. The van der Waals surface area contributed by atoms with Gasteiger partial charge >= 0.3 is 6.03 Å². The first-order chi connectivity index (χ1) is 11.1. The van der Waals surface area contributed by atoms with Gasteiger partial charge in [0.15, 0.2) is 0 Å². The fourth-order valence-electron chi connectivity index (χ4n) is 3.56. The molecule has 1 atom stereocenters. The van der Waals surface area contributed by atoms with E-state index in [0.717, 1.165) is 51.9 Å². The Bertz CT molecular complexity index is 510. The molecule has 1 spiro atoms. The van der Waals surface area contributed by atoms with Crippen LogP contribution in [0.4, 0.5) is 4.79 Å². The molecule has 0 aliphatic carbocycles. The Labute approximate surface area is 142 Å². The molecule has 2 aliphatic heterocycles. The lowest BCUT2D eigenvalue weighted by Crippen LogP contribution is -2.54. The third-order valence-electron chi connectivity index (χ3n) is 4.98. The Morgan fingerprint density at radius 3 is 2.91 bits per heavy atom. The van der Waals surface area contributed by atoms with Gasteiger partial charge in [0.25, 0.3) is 0 Å². The van der Waals surface area contributed by atoms with Gasteiger partial charge in [0.2, 0.25) is 0 Å². The lowest BCUT2D eigenvalue weighted by Gasteiger charge is -2.46. The Morgan fingerprint density at radius 2 is 2.26 bits per heavy atom. The summed E-state index contributed by atoms with van der Waals surface area (Å²) in [5.74, 6) is 0. The standard InChI is InChI=1S/C17H27N3O2S/c1-19(2)16(21)18-15-3-9-22-17(11-15)5-7-20(8-6-17)12-14-4-10-23-13-14/h4,10,13,15H,3,5-9,11-12H2,1-2H3,(H,18,21). The van der Waals surface area contributed by atoms with Crippen molar-refractivity contribution in [3.8, 4) is 0 Å². The molecule has 3 heterocycles. The lowest BCUT2D eigenvalue weighted by atomic mass is 9.82. The van der Waals surface area contributed by atoms with Crippen LogP contribution >= 0.6 is 11.3 Å². The van der Waals surface area contributed by atoms with Crippen LogP contribution in [-0.2, 0) is 11.3 Å². The van der Waals surface area contributed by atoms with Crippen LogP contribution in [0.2, 0.25) is 0 Å². The van der Waals surface area contributed by atoms with E-state index in [2.05, 4.69) is 27.0 Å². The van der Waals surface area contributed by atoms with E-state index in [0.29, 0.717) is 0 Å². The smallest absolute Gasteiger partial charge is 0.317 e. The molecule has 1 aromatic rings. The Hall–Kier alpha value is -1.11. The molecule has 2 saturated heterocycles. The van der Waals surface area contributed by atoms with Gasteiger partial charge in [-0.05, 0) is 48.1 Å². The number of rotatable bonds is 3. The molecule has 6 heteroatoms. The number of piperidine rings is 1. The minimum Gasteiger partial charge on any atom is -0.375 e. The van der Waals surface area contributed by atoms with Crippen LogP contribution in [-0.4, -0.2) is 61.3 Å². The molecule has 2 amide bonds. The summed E-state index contributed by atoms with van der Waals surface area (Å²) < 4.78 is 6.17. The highest BCUT2D eigenvalue weighted by Gasteiger charge is 2.40. The number of carbonyl (C=O) groups is 1. The molecule has 0 saturated carbocycles. The van der Waals surface area contributed by atoms with Gasteiger partial charge in [0.05, 0.1) is 5.60 Å². The molecule has 23 heavy (non-hydrogen) atoms. The van der Waals surface area contributed by atoms with Crippen molar-refractivity contribution >= 4 is 17.4 Å². The highest BCUT2D eigenvalue weighted by molar-refractivity contribution is 7.07. The van der Waals surface area contributed by atoms with Gasteiger partial charge in [-0.25, -0.2) is 4.79 Å². The van der Waals surface area contributed by atoms with E-state index in [4.69, 9.17) is 4.74 Å². The van der Waals surface area contributed by atoms with Gasteiger partial charge in [0, 0.05) is 46.4 Å². The maximum Gasteiger partial charge on any atom is 0.317 e. The number of thiophene rings is 1. The normalized spacial score (nSPS) is 24.5. The van der Waals surface area contributed by atoms with Crippen molar-refractivity contribution in [1.29, 1.82) is 0 Å². The van der Waals surface area contributed by atoms with Crippen molar-refractivity contribution in [2.45, 2.75) is 43.9 Å². The minimum absolute atomic E-state index is 0.00180. The van der Waals surface area contributed by atoms with Gasteiger partial charge in [-0.15, -0.1) is 0 Å². The number of urea groups is 1. The number of carbonyl (C=O) groups excluding carboxylic acids is 1. The molecule has 0 bridgehead atoms. The average molecular weight is 337 g/mol. The summed E-state index contributed by atoms with van der Waals surface area (Å²) in [7, 11) is 3.57. The van der Waals surface area contributed by atoms with Gasteiger partial charge in [-0.3, -0.25) is 4.90 Å². The summed E-state index contributed by atoms with van der Waals surface area (Å²) in [6.07, 6.45) is 3.98. The third kappa shape index (κ3) is 4.25. The number of likely N-dealkylation sites (tertiary alicyclic amines) is 1. The van der Waals surface area contributed by atoms with Crippen LogP contribution in [0.15, 0.2) is 16.8 Å². The minimum atomic E-state index is -0.0341. The molecule has 0 radical (unpaired) electrons. The van der Waals surface area contributed by atoms with Crippen LogP contribution in [0.5, 0.6) is 0 Å². The quantitative estimate of drug-likeness (QED) is 0.922. The predicted octanol–water partition coefficient (Wildman–Crippen LogP) is 2.53. The molecule has 5 nitrogen and oxygen atoms in total. The second kappa shape index (κ2) is 7.20. The summed E-state index contributed by atoms with van der Waals surface area (Å²) in [5, 5.41) is 7.50. The number of nitrogens with one attached hydrogen (secondary N) is 1. The molecular weight excluding hydrogens is 310 g/mol. The fraction of sp³-hybridized carbons (Fsp3) is 0.706. The zero-order chi connectivity index (χ0) is 16.3. The van der Waals surface area contributed by atoms with Crippen molar-refractivity contribution in [3.05, 3.63) is 22.4 Å². The van der Waals surface area contributed by atoms with Gasteiger partial charge in [-0.2, -0.15) is 11.3 Å². The summed E-state index contributed by atoms with van der Waals surface area (Å²) in [6, 6.07) is 2.45. The second-order valence-corrected chi connectivity index (χ2v) is 7.75. The van der Waals surface area contributed by atoms with Crippen molar-refractivity contribution in [2.24, 2.45) is 0 Å². The average Bonchev–Trinajstić information content (AvgIpc) is 3.03. The van der Waals surface area contributed by atoms with Crippen molar-refractivity contribution in [2.75, 3.05) is 33.8 Å². The maximum atomic E-state index is 11.9. The molecule has 3 rings (SSSR count). The molecule has 0 aromatic carbocycles. The molecule has 1 unspecified atom stereocenters. The van der Waals surface area contributed by atoms with Crippen LogP contribution in [0, 0.1) is 0 Å². The number of hydrogen-bond donors (Lipinski definition) is 1. The fourth-order valence-corrected chi connectivity index (χ4v) is 4.22. The van der Waals surface area contributed by atoms with Crippen molar-refractivity contribution in [3.63, 3.8) is 0 Å². The molecule has 2 aliphatic rings. The maximum absolute atomic E-state index is 11.9. The van der Waals surface area contributed by atoms with Crippen molar-refractivity contribution < 1.29 is 9.53 Å². The molecular formula is C17H27N3O2S. The van der Waals surface area contributed by atoms with E-state index in [1.54, 1.807) is 30.3 Å². The number of amides is 2. The molecule has 1 aromatic heterocycles. The first-order valence-electron chi connectivity index (χ1n) is 8.42. The Morgan fingerprint density at radius 1 is 1.48 bits per heavy atom. The van der Waals surface area contributed by atoms with Crippen LogP contribution in [0.3, 0.4) is 0 Å². The highest BCUT2D eigenvalue weighted by Crippen LogP contribution is 2.35.